The largest absolute Gasteiger partial charge is 0.454 e. The predicted molar refractivity (Wildman–Crippen MR) is 59.5 cm³/mol. The minimum atomic E-state index is -0.00626. The van der Waals surface area contributed by atoms with Crippen LogP contribution in [0, 0.1) is 0 Å². The van der Waals surface area contributed by atoms with Crippen molar-refractivity contribution in [2.75, 3.05) is 6.79 Å². The Kier molecular flexibility index (Phi) is 2.99. The molecular formula is C12H15NO3. The van der Waals surface area contributed by atoms with Crippen molar-refractivity contribution in [3.8, 4) is 11.5 Å². The van der Waals surface area contributed by atoms with E-state index >= 15 is 0 Å². The molecule has 0 aromatic heterocycles. The molecule has 1 amide bonds. The number of nitrogens with one attached hydrogen (secondary N) is 1. The van der Waals surface area contributed by atoms with E-state index in [2.05, 4.69) is 5.32 Å². The summed E-state index contributed by atoms with van der Waals surface area (Å²) in [7, 11) is 0. The molecule has 1 heterocycles. The molecule has 1 aromatic carbocycles. The van der Waals surface area contributed by atoms with E-state index in [9.17, 15) is 4.79 Å². The number of amides is 1. The smallest absolute Gasteiger partial charge is 0.231 e. The number of rotatable bonds is 3. The molecule has 1 aliphatic rings. The van der Waals surface area contributed by atoms with Crippen LogP contribution in [0.25, 0.3) is 0 Å². The summed E-state index contributed by atoms with van der Waals surface area (Å²) in [6, 6.07) is 5.97. The molecule has 0 unspecified atom stereocenters. The van der Waals surface area contributed by atoms with Crippen molar-refractivity contribution in [3.05, 3.63) is 23.8 Å². The Morgan fingerprint density at radius 1 is 1.44 bits per heavy atom. The maximum absolute atomic E-state index is 10.9. The van der Waals surface area contributed by atoms with E-state index in [1.807, 2.05) is 25.1 Å². The lowest BCUT2D eigenvalue weighted by Gasteiger charge is -2.12. The molecule has 1 aliphatic heterocycles. The monoisotopic (exact) mass is 221 g/mol. The lowest BCUT2D eigenvalue weighted by Crippen LogP contribution is -2.31. The van der Waals surface area contributed by atoms with Gasteiger partial charge in [-0.2, -0.15) is 0 Å². The van der Waals surface area contributed by atoms with E-state index < -0.39 is 0 Å². The molecule has 2 rings (SSSR count). The third-order valence-corrected chi connectivity index (χ3v) is 2.43. The Morgan fingerprint density at radius 2 is 2.19 bits per heavy atom. The first-order chi connectivity index (χ1) is 7.65. The van der Waals surface area contributed by atoms with Gasteiger partial charge in [-0.05, 0) is 31.0 Å². The minimum absolute atomic E-state index is 0.00626. The number of fused-ring (bicyclic) bond motifs is 1. The Bertz CT molecular complexity index is 403. The quantitative estimate of drug-likeness (QED) is 0.841. The first-order valence-electron chi connectivity index (χ1n) is 5.31. The van der Waals surface area contributed by atoms with Gasteiger partial charge in [0.15, 0.2) is 11.5 Å². The van der Waals surface area contributed by atoms with Crippen LogP contribution in [-0.4, -0.2) is 18.7 Å². The number of carbonyl (C=O) groups is 1. The highest BCUT2D eigenvalue weighted by atomic mass is 16.7. The predicted octanol–water partition coefficient (Wildman–Crippen LogP) is 1.48. The summed E-state index contributed by atoms with van der Waals surface area (Å²) in [5.41, 5.74) is 1.13. The fraction of sp³-hybridized carbons (Fsp3) is 0.417. The van der Waals surface area contributed by atoms with Crippen molar-refractivity contribution in [1.29, 1.82) is 0 Å². The van der Waals surface area contributed by atoms with Gasteiger partial charge < -0.3 is 14.8 Å². The van der Waals surface area contributed by atoms with E-state index in [0.29, 0.717) is 6.79 Å². The minimum Gasteiger partial charge on any atom is -0.454 e. The molecule has 0 saturated carbocycles. The second-order valence-corrected chi connectivity index (χ2v) is 3.99. The fourth-order valence-corrected chi connectivity index (χ4v) is 1.82. The van der Waals surface area contributed by atoms with Gasteiger partial charge in [0.2, 0.25) is 12.7 Å². The highest BCUT2D eigenvalue weighted by Gasteiger charge is 2.14. The van der Waals surface area contributed by atoms with E-state index in [0.717, 1.165) is 23.5 Å². The van der Waals surface area contributed by atoms with Crippen molar-refractivity contribution in [2.45, 2.75) is 26.3 Å². The second-order valence-electron chi connectivity index (χ2n) is 3.99. The van der Waals surface area contributed by atoms with Crippen LogP contribution in [0.1, 0.15) is 19.4 Å². The molecule has 0 aliphatic carbocycles. The summed E-state index contributed by atoms with van der Waals surface area (Å²) < 4.78 is 10.5. The fourth-order valence-electron chi connectivity index (χ4n) is 1.82. The normalized spacial score (nSPS) is 14.6. The zero-order chi connectivity index (χ0) is 11.5. The van der Waals surface area contributed by atoms with Crippen molar-refractivity contribution in [2.24, 2.45) is 0 Å². The third-order valence-electron chi connectivity index (χ3n) is 2.43. The molecule has 4 heteroatoms. The van der Waals surface area contributed by atoms with Crippen LogP contribution in [0.2, 0.25) is 0 Å². The topological polar surface area (TPSA) is 47.6 Å². The van der Waals surface area contributed by atoms with Crippen LogP contribution in [0.5, 0.6) is 11.5 Å². The molecule has 1 N–H and O–H groups in total. The molecule has 16 heavy (non-hydrogen) atoms. The Morgan fingerprint density at radius 3 is 2.94 bits per heavy atom. The van der Waals surface area contributed by atoms with Gasteiger partial charge in [0, 0.05) is 13.0 Å². The lowest BCUT2D eigenvalue weighted by atomic mass is 10.1. The number of carbonyl (C=O) groups excluding carboxylic acids is 1. The van der Waals surface area contributed by atoms with Gasteiger partial charge in [-0.1, -0.05) is 6.07 Å². The van der Waals surface area contributed by atoms with E-state index in [4.69, 9.17) is 9.47 Å². The Hall–Kier alpha value is -1.71. The lowest BCUT2D eigenvalue weighted by molar-refractivity contribution is -0.119. The van der Waals surface area contributed by atoms with E-state index in [1.54, 1.807) is 0 Å². The standard InChI is InChI=1S/C12H15NO3/c1-8(13-9(2)14)5-10-3-4-11-12(6-10)16-7-15-11/h3-4,6,8H,5,7H2,1-2H3,(H,13,14)/t8-/m1/s1. The van der Waals surface area contributed by atoms with E-state index in [-0.39, 0.29) is 11.9 Å². The van der Waals surface area contributed by atoms with Crippen LogP contribution >= 0.6 is 0 Å². The van der Waals surface area contributed by atoms with Crippen LogP contribution < -0.4 is 14.8 Å². The summed E-state index contributed by atoms with van der Waals surface area (Å²) in [4.78, 5) is 10.9. The zero-order valence-electron chi connectivity index (χ0n) is 9.45. The molecule has 1 atom stereocenters. The summed E-state index contributed by atoms with van der Waals surface area (Å²) in [6.07, 6.45) is 0.788. The maximum atomic E-state index is 10.9. The van der Waals surface area contributed by atoms with Crippen LogP contribution in [-0.2, 0) is 11.2 Å². The Labute approximate surface area is 94.6 Å². The van der Waals surface area contributed by atoms with Gasteiger partial charge in [-0.25, -0.2) is 0 Å². The maximum Gasteiger partial charge on any atom is 0.231 e. The number of hydrogen-bond acceptors (Lipinski definition) is 3. The summed E-state index contributed by atoms with van der Waals surface area (Å²) in [5.74, 6) is 1.57. The van der Waals surface area contributed by atoms with Crippen molar-refractivity contribution < 1.29 is 14.3 Å². The van der Waals surface area contributed by atoms with Crippen LogP contribution in [0.3, 0.4) is 0 Å². The highest BCUT2D eigenvalue weighted by Crippen LogP contribution is 2.32. The molecule has 0 saturated heterocycles. The van der Waals surface area contributed by atoms with Gasteiger partial charge in [-0.3, -0.25) is 4.79 Å². The van der Waals surface area contributed by atoms with E-state index in [1.165, 1.54) is 6.92 Å². The molecule has 0 spiro atoms. The molecular weight excluding hydrogens is 206 g/mol. The SMILES string of the molecule is CC(=O)N[C@H](C)Cc1ccc2c(c1)OCO2. The summed E-state index contributed by atoms with van der Waals surface area (Å²) in [5, 5.41) is 2.85. The molecule has 4 nitrogen and oxygen atoms in total. The average molecular weight is 221 g/mol. The first kappa shape index (κ1) is 10.8. The first-order valence-corrected chi connectivity index (χ1v) is 5.31. The third kappa shape index (κ3) is 2.45. The van der Waals surface area contributed by atoms with Crippen LogP contribution in [0.4, 0.5) is 0 Å². The number of hydrogen-bond donors (Lipinski definition) is 1. The zero-order valence-corrected chi connectivity index (χ0v) is 9.45. The number of benzene rings is 1. The van der Waals surface area contributed by atoms with Crippen molar-refractivity contribution >= 4 is 5.91 Å². The van der Waals surface area contributed by atoms with Gasteiger partial charge in [0.1, 0.15) is 0 Å². The van der Waals surface area contributed by atoms with Gasteiger partial charge in [-0.15, -0.1) is 0 Å². The van der Waals surface area contributed by atoms with Crippen molar-refractivity contribution in [1.82, 2.24) is 5.32 Å². The second kappa shape index (κ2) is 4.43. The van der Waals surface area contributed by atoms with Gasteiger partial charge in [0.25, 0.3) is 0 Å². The van der Waals surface area contributed by atoms with Gasteiger partial charge in [0.05, 0.1) is 0 Å². The Balaban J connectivity index is 2.02. The molecule has 0 radical (unpaired) electrons. The average Bonchev–Trinajstić information content (AvgIpc) is 2.63. The van der Waals surface area contributed by atoms with Gasteiger partial charge >= 0.3 is 0 Å². The molecule has 1 aromatic rings. The van der Waals surface area contributed by atoms with Crippen LogP contribution in [0.15, 0.2) is 18.2 Å². The molecule has 0 bridgehead atoms. The molecule has 0 fully saturated rings. The number of ether oxygens (including phenoxy) is 2. The summed E-state index contributed by atoms with van der Waals surface area (Å²) in [6.45, 7) is 3.79. The highest BCUT2D eigenvalue weighted by molar-refractivity contribution is 5.73. The molecule has 86 valence electrons. The van der Waals surface area contributed by atoms with Crippen molar-refractivity contribution in [3.63, 3.8) is 0 Å². The summed E-state index contributed by atoms with van der Waals surface area (Å²) >= 11 is 0.